The van der Waals surface area contributed by atoms with Gasteiger partial charge in [0.05, 0.1) is 28.1 Å². The van der Waals surface area contributed by atoms with Gasteiger partial charge in [0.1, 0.15) is 20.6 Å². The first kappa shape index (κ1) is 21.8. The average Bonchev–Trinajstić information content (AvgIpc) is 3.01. The molecule has 6 nitrogen and oxygen atoms in total. The number of rotatable bonds is 5. The van der Waals surface area contributed by atoms with Crippen LogP contribution in [0.15, 0.2) is 23.2 Å². The molecular weight excluding hydrogens is 453 g/mol. The standard InChI is InChI=1S/C19H17Cl2N3O3S2/c1-8-13-17(22-10(3)23-18(13)29-15(8)19(26)27-4)28-9(2)16(25)24-12-7-5-6-11(20)14(12)21/h5-7,9H,1-4H3,(H,24,25)/t9-/m1/s1. The summed E-state index contributed by atoms with van der Waals surface area (Å²) in [7, 11) is 1.34. The number of amides is 1. The number of hydrogen-bond donors (Lipinski definition) is 1. The van der Waals surface area contributed by atoms with E-state index >= 15 is 0 Å². The van der Waals surface area contributed by atoms with Gasteiger partial charge in [-0.1, -0.05) is 41.0 Å². The van der Waals surface area contributed by atoms with Crippen LogP contribution in [0.1, 0.15) is 28.0 Å². The number of benzene rings is 1. The van der Waals surface area contributed by atoms with Crippen LogP contribution in [-0.2, 0) is 9.53 Å². The number of aryl methyl sites for hydroxylation is 2. The van der Waals surface area contributed by atoms with Crippen molar-refractivity contribution in [2.24, 2.45) is 0 Å². The van der Waals surface area contributed by atoms with E-state index in [1.807, 2.05) is 6.92 Å². The quantitative estimate of drug-likeness (QED) is 0.300. The maximum Gasteiger partial charge on any atom is 0.348 e. The number of ether oxygens (including phenoxy) is 1. The number of thiophene rings is 1. The minimum atomic E-state index is -0.483. The fraction of sp³-hybridized carbons (Fsp3) is 0.263. The molecular formula is C19H17Cl2N3O3S2. The Hall–Kier alpha value is -1.87. The lowest BCUT2D eigenvalue weighted by molar-refractivity contribution is -0.115. The van der Waals surface area contributed by atoms with E-state index in [9.17, 15) is 9.59 Å². The van der Waals surface area contributed by atoms with Gasteiger partial charge in [0.15, 0.2) is 0 Å². The summed E-state index contributed by atoms with van der Waals surface area (Å²) in [5.41, 5.74) is 1.19. The smallest absolute Gasteiger partial charge is 0.348 e. The lowest BCUT2D eigenvalue weighted by Crippen LogP contribution is -2.22. The lowest BCUT2D eigenvalue weighted by Gasteiger charge is -2.14. The monoisotopic (exact) mass is 469 g/mol. The van der Waals surface area contributed by atoms with Crippen molar-refractivity contribution in [2.45, 2.75) is 31.0 Å². The van der Waals surface area contributed by atoms with Gasteiger partial charge >= 0.3 is 5.97 Å². The number of anilines is 1. The Labute approximate surface area is 186 Å². The van der Waals surface area contributed by atoms with Gasteiger partial charge in [-0.2, -0.15) is 0 Å². The second-order valence-electron chi connectivity index (χ2n) is 6.15. The number of methoxy groups -OCH3 is 1. The van der Waals surface area contributed by atoms with E-state index in [2.05, 4.69) is 15.3 Å². The molecule has 1 aromatic carbocycles. The summed E-state index contributed by atoms with van der Waals surface area (Å²) in [6.45, 7) is 5.36. The summed E-state index contributed by atoms with van der Waals surface area (Å²) in [6.07, 6.45) is 0. The number of carbonyl (C=O) groups excluding carboxylic acids is 2. The maximum absolute atomic E-state index is 12.7. The Morgan fingerprint density at radius 2 is 1.97 bits per heavy atom. The van der Waals surface area contributed by atoms with Crippen molar-refractivity contribution in [3.63, 3.8) is 0 Å². The minimum absolute atomic E-state index is 0.246. The van der Waals surface area contributed by atoms with Crippen LogP contribution in [-0.4, -0.2) is 34.2 Å². The van der Waals surface area contributed by atoms with E-state index in [-0.39, 0.29) is 10.9 Å². The Bertz CT molecular complexity index is 1120. The molecule has 2 heterocycles. The molecule has 0 saturated carbocycles. The summed E-state index contributed by atoms with van der Waals surface area (Å²) >= 11 is 14.7. The molecule has 0 bridgehead atoms. The van der Waals surface area contributed by atoms with Gasteiger partial charge in [-0.05, 0) is 38.5 Å². The number of carbonyl (C=O) groups is 2. The molecule has 10 heteroatoms. The van der Waals surface area contributed by atoms with Crippen molar-refractivity contribution in [3.8, 4) is 0 Å². The van der Waals surface area contributed by atoms with Crippen molar-refractivity contribution in [2.75, 3.05) is 12.4 Å². The second kappa shape index (κ2) is 8.87. The van der Waals surface area contributed by atoms with Crippen LogP contribution in [0.2, 0.25) is 10.0 Å². The van der Waals surface area contributed by atoms with Crippen molar-refractivity contribution in [3.05, 3.63) is 44.5 Å². The number of nitrogens with one attached hydrogen (secondary N) is 1. The topological polar surface area (TPSA) is 81.2 Å². The van der Waals surface area contributed by atoms with E-state index < -0.39 is 11.2 Å². The maximum atomic E-state index is 12.7. The summed E-state index contributed by atoms with van der Waals surface area (Å²) in [5, 5.41) is 4.35. The Morgan fingerprint density at radius 1 is 1.24 bits per heavy atom. The Morgan fingerprint density at radius 3 is 2.66 bits per heavy atom. The normalized spacial score (nSPS) is 12.1. The molecule has 0 spiro atoms. The second-order valence-corrected chi connectivity index (χ2v) is 9.27. The molecule has 0 unspecified atom stereocenters. The third kappa shape index (κ3) is 4.50. The zero-order chi connectivity index (χ0) is 21.3. The molecule has 3 aromatic rings. The molecule has 2 aromatic heterocycles. The Balaban J connectivity index is 1.90. The molecule has 0 fully saturated rings. The van der Waals surface area contributed by atoms with Crippen LogP contribution in [0.25, 0.3) is 10.2 Å². The fourth-order valence-electron chi connectivity index (χ4n) is 2.63. The SMILES string of the molecule is COC(=O)c1sc2nc(C)nc(S[C@H](C)C(=O)Nc3cccc(Cl)c3Cl)c2c1C. The summed E-state index contributed by atoms with van der Waals surface area (Å²) < 4.78 is 4.85. The largest absolute Gasteiger partial charge is 0.465 e. The van der Waals surface area contributed by atoms with Crippen molar-refractivity contribution in [1.82, 2.24) is 9.97 Å². The van der Waals surface area contributed by atoms with Crippen LogP contribution in [0.3, 0.4) is 0 Å². The van der Waals surface area contributed by atoms with Gasteiger partial charge in [0.2, 0.25) is 5.91 Å². The van der Waals surface area contributed by atoms with Gasteiger partial charge in [-0.3, -0.25) is 4.79 Å². The molecule has 0 aliphatic heterocycles. The third-order valence-corrected chi connectivity index (χ3v) is 7.18. The molecule has 3 rings (SSSR count). The number of fused-ring (bicyclic) bond motifs is 1. The number of esters is 1. The highest BCUT2D eigenvalue weighted by atomic mass is 35.5. The highest BCUT2D eigenvalue weighted by Crippen LogP contribution is 2.38. The van der Waals surface area contributed by atoms with E-state index in [1.165, 1.54) is 30.2 Å². The highest BCUT2D eigenvalue weighted by molar-refractivity contribution is 8.00. The van der Waals surface area contributed by atoms with Crippen molar-refractivity contribution >= 4 is 74.1 Å². The first-order valence-electron chi connectivity index (χ1n) is 8.50. The molecule has 152 valence electrons. The van der Waals surface area contributed by atoms with Gasteiger partial charge in [0, 0.05) is 5.39 Å². The highest BCUT2D eigenvalue weighted by Gasteiger charge is 2.24. The first-order valence-corrected chi connectivity index (χ1v) is 11.0. The van der Waals surface area contributed by atoms with Gasteiger partial charge in [0.25, 0.3) is 0 Å². The molecule has 1 amide bonds. The summed E-state index contributed by atoms with van der Waals surface area (Å²) in [5.74, 6) is -0.103. The predicted molar refractivity (Wildman–Crippen MR) is 119 cm³/mol. The lowest BCUT2D eigenvalue weighted by atomic mass is 10.2. The van der Waals surface area contributed by atoms with Crippen molar-refractivity contribution in [1.29, 1.82) is 0 Å². The van der Waals surface area contributed by atoms with Crippen LogP contribution >= 0.6 is 46.3 Å². The number of halogens is 2. The molecule has 0 saturated heterocycles. The van der Waals surface area contributed by atoms with Crippen LogP contribution in [0.4, 0.5) is 5.69 Å². The van der Waals surface area contributed by atoms with E-state index in [0.29, 0.717) is 31.3 Å². The van der Waals surface area contributed by atoms with Crippen LogP contribution in [0.5, 0.6) is 0 Å². The average molecular weight is 470 g/mol. The number of aromatic nitrogens is 2. The van der Waals surface area contributed by atoms with Gasteiger partial charge < -0.3 is 10.1 Å². The molecule has 1 N–H and O–H groups in total. The van der Waals surface area contributed by atoms with Crippen molar-refractivity contribution < 1.29 is 14.3 Å². The number of nitrogens with zero attached hydrogens (tertiary/aromatic N) is 2. The van der Waals surface area contributed by atoms with Crippen LogP contribution in [0, 0.1) is 13.8 Å². The zero-order valence-corrected chi connectivity index (χ0v) is 19.1. The van der Waals surface area contributed by atoms with E-state index in [1.54, 1.807) is 32.0 Å². The summed E-state index contributed by atoms with van der Waals surface area (Å²) in [4.78, 5) is 34.8. The molecule has 0 aliphatic carbocycles. The summed E-state index contributed by atoms with van der Waals surface area (Å²) in [6, 6.07) is 5.04. The number of thioether (sulfide) groups is 1. The third-order valence-electron chi connectivity index (χ3n) is 4.11. The molecule has 1 atom stereocenters. The van der Waals surface area contributed by atoms with E-state index in [0.717, 1.165) is 10.9 Å². The zero-order valence-electron chi connectivity index (χ0n) is 16.0. The van der Waals surface area contributed by atoms with Gasteiger partial charge in [-0.25, -0.2) is 14.8 Å². The Kier molecular flexibility index (Phi) is 6.68. The van der Waals surface area contributed by atoms with Gasteiger partial charge in [-0.15, -0.1) is 11.3 Å². The molecule has 29 heavy (non-hydrogen) atoms. The molecule has 0 aliphatic rings. The first-order chi connectivity index (χ1) is 13.7. The fourth-order valence-corrected chi connectivity index (χ4v) is 5.24. The molecule has 0 radical (unpaired) electrons. The van der Waals surface area contributed by atoms with Crippen LogP contribution < -0.4 is 5.32 Å². The minimum Gasteiger partial charge on any atom is -0.465 e. The predicted octanol–water partition coefficient (Wildman–Crippen LogP) is 5.52. The van der Waals surface area contributed by atoms with E-state index in [4.69, 9.17) is 27.9 Å². The number of hydrogen-bond acceptors (Lipinski definition) is 7.